The molecule has 4 N–H and O–H groups in total. The minimum Gasteiger partial charge on any atom is -0.506 e. The van der Waals surface area contributed by atoms with E-state index in [4.69, 9.17) is 5.11 Å². The number of aliphatic carboxylic acids is 1. The lowest BCUT2D eigenvalue weighted by atomic mass is 9.95. The average Bonchev–Trinajstić information content (AvgIpc) is 3.22. The van der Waals surface area contributed by atoms with Gasteiger partial charge >= 0.3 is 5.97 Å². The largest absolute Gasteiger partial charge is 0.506 e. The van der Waals surface area contributed by atoms with E-state index >= 15 is 0 Å². The number of nitrogens with one attached hydrogen (secondary N) is 2. The monoisotopic (exact) mass is 433 g/mol. The van der Waals surface area contributed by atoms with Crippen LogP contribution in [0.3, 0.4) is 0 Å². The summed E-state index contributed by atoms with van der Waals surface area (Å²) in [4.78, 5) is 49.7. The van der Waals surface area contributed by atoms with Crippen LogP contribution in [0, 0.1) is 0 Å². The Balaban J connectivity index is 1.98. The standard InChI is InChI=1S/C20H23N3O6S/c24-15(25)9-21-19(28)16-17(26)14(18(27)22-12-5-2-1-3-6-12)11-23(20(16)29)10-13-7-4-8-30-13/h4,7-8,11-12,26H,1-3,5-6,9-10H2,(H,21,28)(H,22,27)(H,24,25). The number of nitrogens with zero attached hydrogens (tertiary/aromatic N) is 1. The Morgan fingerprint density at radius 1 is 1.17 bits per heavy atom. The van der Waals surface area contributed by atoms with Gasteiger partial charge < -0.3 is 25.4 Å². The van der Waals surface area contributed by atoms with Gasteiger partial charge in [0.2, 0.25) is 0 Å². The predicted molar refractivity (Wildman–Crippen MR) is 110 cm³/mol. The van der Waals surface area contributed by atoms with Crippen LogP contribution in [0.25, 0.3) is 0 Å². The number of carboxylic acids is 1. The summed E-state index contributed by atoms with van der Waals surface area (Å²) in [6.45, 7) is -0.610. The number of carboxylic acid groups (broad SMARTS) is 1. The third-order valence-electron chi connectivity index (χ3n) is 4.97. The first-order chi connectivity index (χ1) is 14.4. The van der Waals surface area contributed by atoms with E-state index in [1.54, 1.807) is 6.07 Å². The van der Waals surface area contributed by atoms with Gasteiger partial charge in [-0.1, -0.05) is 25.3 Å². The summed E-state index contributed by atoms with van der Waals surface area (Å²) in [5.41, 5.74) is -1.65. The van der Waals surface area contributed by atoms with Crippen molar-refractivity contribution in [2.75, 3.05) is 6.54 Å². The molecule has 9 nitrogen and oxygen atoms in total. The molecule has 0 spiro atoms. The van der Waals surface area contributed by atoms with Gasteiger partial charge in [0.15, 0.2) is 0 Å². The van der Waals surface area contributed by atoms with Crippen molar-refractivity contribution in [3.8, 4) is 5.75 Å². The topological polar surface area (TPSA) is 138 Å². The fraction of sp³-hybridized carbons (Fsp3) is 0.400. The maximum Gasteiger partial charge on any atom is 0.322 e. The van der Waals surface area contributed by atoms with Gasteiger partial charge in [0, 0.05) is 17.1 Å². The molecule has 160 valence electrons. The SMILES string of the molecule is O=C(O)CNC(=O)c1c(O)c(C(=O)NC2CCCCC2)cn(Cc2cccs2)c1=O. The highest BCUT2D eigenvalue weighted by Gasteiger charge is 2.26. The lowest BCUT2D eigenvalue weighted by Crippen LogP contribution is -2.39. The molecular formula is C20H23N3O6S. The molecule has 2 aromatic rings. The summed E-state index contributed by atoms with van der Waals surface area (Å²) in [5.74, 6) is -3.68. The minimum absolute atomic E-state index is 0.0346. The number of rotatable bonds is 7. The Morgan fingerprint density at radius 2 is 1.90 bits per heavy atom. The number of amides is 2. The average molecular weight is 433 g/mol. The van der Waals surface area contributed by atoms with Gasteiger partial charge in [-0.05, 0) is 24.3 Å². The number of aromatic hydroxyl groups is 1. The fourth-order valence-corrected chi connectivity index (χ4v) is 4.17. The smallest absolute Gasteiger partial charge is 0.322 e. The highest BCUT2D eigenvalue weighted by Crippen LogP contribution is 2.23. The molecule has 2 aromatic heterocycles. The quantitative estimate of drug-likeness (QED) is 0.523. The van der Waals surface area contributed by atoms with E-state index in [0.29, 0.717) is 0 Å². The van der Waals surface area contributed by atoms with Gasteiger partial charge in [-0.3, -0.25) is 19.2 Å². The highest BCUT2D eigenvalue weighted by atomic mass is 32.1. The van der Waals surface area contributed by atoms with E-state index in [0.717, 1.165) is 37.0 Å². The second-order valence-electron chi connectivity index (χ2n) is 7.16. The summed E-state index contributed by atoms with van der Waals surface area (Å²) in [5, 5.41) is 26.1. The molecule has 1 fully saturated rings. The lowest BCUT2D eigenvalue weighted by Gasteiger charge is -2.23. The number of thiophene rings is 1. The van der Waals surface area contributed by atoms with Crippen molar-refractivity contribution < 1.29 is 24.6 Å². The van der Waals surface area contributed by atoms with E-state index in [1.807, 2.05) is 11.4 Å². The van der Waals surface area contributed by atoms with Crippen molar-refractivity contribution in [1.82, 2.24) is 15.2 Å². The molecule has 0 unspecified atom stereocenters. The molecule has 1 aliphatic rings. The Bertz CT molecular complexity index is 993. The minimum atomic E-state index is -1.30. The molecule has 2 heterocycles. The van der Waals surface area contributed by atoms with E-state index in [-0.39, 0.29) is 18.2 Å². The molecule has 1 aliphatic carbocycles. The molecule has 1 saturated carbocycles. The molecule has 30 heavy (non-hydrogen) atoms. The second kappa shape index (κ2) is 9.57. The zero-order valence-corrected chi connectivity index (χ0v) is 17.0. The maximum absolute atomic E-state index is 12.8. The molecule has 0 aromatic carbocycles. The van der Waals surface area contributed by atoms with Gasteiger partial charge in [0.05, 0.1) is 12.1 Å². The van der Waals surface area contributed by atoms with Crippen LogP contribution in [0.4, 0.5) is 0 Å². The zero-order valence-electron chi connectivity index (χ0n) is 16.2. The number of carbonyl (C=O) groups is 3. The third-order valence-corrected chi connectivity index (χ3v) is 5.83. The van der Waals surface area contributed by atoms with E-state index < -0.39 is 41.2 Å². The Morgan fingerprint density at radius 3 is 2.53 bits per heavy atom. The first-order valence-electron chi connectivity index (χ1n) is 9.66. The number of carbonyl (C=O) groups excluding carboxylic acids is 2. The van der Waals surface area contributed by atoms with Gasteiger partial charge in [0.1, 0.15) is 17.9 Å². The summed E-state index contributed by atoms with van der Waals surface area (Å²) >= 11 is 1.40. The Hall–Kier alpha value is -3.14. The number of hydrogen-bond donors (Lipinski definition) is 4. The fourth-order valence-electron chi connectivity index (χ4n) is 3.47. The molecule has 0 bridgehead atoms. The van der Waals surface area contributed by atoms with Gasteiger partial charge in [-0.2, -0.15) is 0 Å². The molecular weight excluding hydrogens is 410 g/mol. The first-order valence-corrected chi connectivity index (χ1v) is 10.5. The molecule has 2 amide bonds. The van der Waals surface area contributed by atoms with Crippen LogP contribution in [0.1, 0.15) is 57.7 Å². The lowest BCUT2D eigenvalue weighted by molar-refractivity contribution is -0.135. The van der Waals surface area contributed by atoms with Crippen molar-refractivity contribution in [3.63, 3.8) is 0 Å². The molecule has 0 atom stereocenters. The van der Waals surface area contributed by atoms with E-state index in [2.05, 4.69) is 10.6 Å². The van der Waals surface area contributed by atoms with Crippen LogP contribution in [0.15, 0.2) is 28.5 Å². The summed E-state index contributed by atoms with van der Waals surface area (Å²) < 4.78 is 1.18. The van der Waals surface area contributed by atoms with Gasteiger partial charge in [-0.15, -0.1) is 11.3 Å². The second-order valence-corrected chi connectivity index (χ2v) is 8.20. The zero-order chi connectivity index (χ0) is 21.7. The van der Waals surface area contributed by atoms with Crippen LogP contribution in [-0.4, -0.2) is 45.2 Å². The van der Waals surface area contributed by atoms with E-state index in [1.165, 1.54) is 22.1 Å². The number of hydrogen-bond acceptors (Lipinski definition) is 6. The van der Waals surface area contributed by atoms with Gasteiger partial charge in [-0.25, -0.2) is 0 Å². The van der Waals surface area contributed by atoms with Crippen LogP contribution in [0.5, 0.6) is 5.75 Å². The van der Waals surface area contributed by atoms with Crippen molar-refractivity contribution in [1.29, 1.82) is 0 Å². The van der Waals surface area contributed by atoms with Crippen molar-refractivity contribution in [3.05, 3.63) is 50.1 Å². The van der Waals surface area contributed by atoms with Crippen LogP contribution in [-0.2, 0) is 11.3 Å². The number of aromatic nitrogens is 1. The van der Waals surface area contributed by atoms with Gasteiger partial charge in [0.25, 0.3) is 17.4 Å². The van der Waals surface area contributed by atoms with Crippen molar-refractivity contribution in [2.24, 2.45) is 0 Å². The Labute approximate surface area is 176 Å². The van der Waals surface area contributed by atoms with E-state index in [9.17, 15) is 24.3 Å². The molecule has 10 heteroatoms. The highest BCUT2D eigenvalue weighted by molar-refractivity contribution is 7.09. The molecule has 3 rings (SSSR count). The predicted octanol–water partition coefficient (Wildman–Crippen LogP) is 1.54. The Kier molecular flexibility index (Phi) is 6.88. The molecule has 0 radical (unpaired) electrons. The molecule has 0 saturated heterocycles. The van der Waals surface area contributed by atoms with Crippen LogP contribution < -0.4 is 16.2 Å². The first kappa shape index (κ1) is 21.6. The number of pyridine rings is 1. The van der Waals surface area contributed by atoms with Crippen molar-refractivity contribution in [2.45, 2.75) is 44.7 Å². The van der Waals surface area contributed by atoms with Crippen molar-refractivity contribution >= 4 is 29.1 Å². The summed E-state index contributed by atoms with van der Waals surface area (Å²) in [7, 11) is 0. The summed E-state index contributed by atoms with van der Waals surface area (Å²) in [6.07, 6.45) is 6.00. The summed E-state index contributed by atoms with van der Waals surface area (Å²) in [6, 6.07) is 3.58. The molecule has 0 aliphatic heterocycles. The normalized spacial score (nSPS) is 14.3. The third kappa shape index (κ3) is 5.07. The van der Waals surface area contributed by atoms with Crippen LogP contribution in [0.2, 0.25) is 0 Å². The van der Waals surface area contributed by atoms with Crippen LogP contribution >= 0.6 is 11.3 Å². The maximum atomic E-state index is 12.8.